The van der Waals surface area contributed by atoms with E-state index in [9.17, 15) is 0 Å². The van der Waals surface area contributed by atoms with Gasteiger partial charge in [-0.3, -0.25) is 0 Å². The van der Waals surface area contributed by atoms with Gasteiger partial charge >= 0.3 is 0 Å². The Morgan fingerprint density at radius 2 is 0.807 bits per heavy atom. The van der Waals surface area contributed by atoms with E-state index >= 15 is 0 Å². The molecule has 2 heterocycles. The Labute approximate surface area is 329 Å². The zero-order chi connectivity index (χ0) is 37.7. The van der Waals surface area contributed by atoms with Crippen LogP contribution in [0, 0.1) is 0 Å². The molecule has 57 heavy (non-hydrogen) atoms. The zero-order valence-electron chi connectivity index (χ0n) is 30.8. The van der Waals surface area contributed by atoms with Gasteiger partial charge in [0.2, 0.25) is 0 Å². The van der Waals surface area contributed by atoms with Gasteiger partial charge in [0.15, 0.2) is 17.5 Å². The van der Waals surface area contributed by atoms with E-state index in [4.69, 9.17) is 19.4 Å². The molecule has 11 rings (SSSR count). The molecule has 0 radical (unpaired) electrons. The van der Waals surface area contributed by atoms with Gasteiger partial charge in [-0.15, -0.1) is 0 Å². The Hall–Kier alpha value is -7.69. The van der Waals surface area contributed by atoms with Crippen LogP contribution in [0.1, 0.15) is 0 Å². The van der Waals surface area contributed by atoms with Crippen LogP contribution in [0.3, 0.4) is 0 Å². The Bertz CT molecular complexity index is 3280. The van der Waals surface area contributed by atoms with Crippen molar-refractivity contribution in [3.63, 3.8) is 0 Å². The summed E-state index contributed by atoms with van der Waals surface area (Å²) in [5.74, 6) is 1.89. The summed E-state index contributed by atoms with van der Waals surface area (Å²) >= 11 is 0. The van der Waals surface area contributed by atoms with Gasteiger partial charge in [-0.1, -0.05) is 170 Å². The van der Waals surface area contributed by atoms with Crippen molar-refractivity contribution < 1.29 is 4.42 Å². The van der Waals surface area contributed by atoms with Crippen LogP contribution < -0.4 is 0 Å². The summed E-state index contributed by atoms with van der Waals surface area (Å²) in [6.07, 6.45) is 0. The highest BCUT2D eigenvalue weighted by molar-refractivity contribution is 6.13. The molecule has 0 saturated heterocycles. The molecular weight excluding hydrogens is 695 g/mol. The molecule has 0 aliphatic rings. The average Bonchev–Trinajstić information content (AvgIpc) is 3.68. The molecule has 0 fully saturated rings. The first kappa shape index (κ1) is 32.7. The lowest BCUT2D eigenvalue weighted by molar-refractivity contribution is 0.669. The van der Waals surface area contributed by atoms with Gasteiger partial charge in [-0.25, -0.2) is 15.0 Å². The predicted molar refractivity (Wildman–Crippen MR) is 235 cm³/mol. The van der Waals surface area contributed by atoms with E-state index in [1.807, 2.05) is 36.4 Å². The van der Waals surface area contributed by atoms with Crippen molar-refractivity contribution in [2.75, 3.05) is 0 Å². The van der Waals surface area contributed by atoms with Crippen molar-refractivity contribution in [1.82, 2.24) is 15.0 Å². The molecule has 9 aromatic carbocycles. The fraction of sp³-hybridized carbons (Fsp3) is 0. The number of nitrogens with zero attached hydrogens (tertiary/aromatic N) is 3. The Balaban J connectivity index is 0.968. The van der Waals surface area contributed by atoms with Crippen LogP contribution >= 0.6 is 0 Å². The first-order valence-corrected chi connectivity index (χ1v) is 19.2. The van der Waals surface area contributed by atoms with Crippen molar-refractivity contribution in [2.24, 2.45) is 0 Å². The lowest BCUT2D eigenvalue weighted by Crippen LogP contribution is -2.00. The molecule has 11 aromatic rings. The summed E-state index contributed by atoms with van der Waals surface area (Å²) in [7, 11) is 0. The topological polar surface area (TPSA) is 51.8 Å². The largest absolute Gasteiger partial charge is 0.456 e. The molecule has 0 unspecified atom stereocenters. The van der Waals surface area contributed by atoms with Crippen molar-refractivity contribution in [2.45, 2.75) is 0 Å². The van der Waals surface area contributed by atoms with Crippen LogP contribution in [0.5, 0.6) is 0 Å². The third kappa shape index (κ3) is 5.92. The lowest BCUT2D eigenvalue weighted by atomic mass is 9.95. The van der Waals surface area contributed by atoms with Gasteiger partial charge in [0.1, 0.15) is 11.2 Å². The van der Waals surface area contributed by atoms with Crippen molar-refractivity contribution >= 4 is 43.5 Å². The highest BCUT2D eigenvalue weighted by atomic mass is 16.3. The van der Waals surface area contributed by atoms with Crippen LogP contribution in [0.25, 0.3) is 111 Å². The smallest absolute Gasteiger partial charge is 0.164 e. The van der Waals surface area contributed by atoms with E-state index in [0.717, 1.165) is 72.0 Å². The van der Waals surface area contributed by atoms with Gasteiger partial charge < -0.3 is 4.42 Å². The molecular formula is C53H33N3O. The maximum atomic E-state index is 6.55. The minimum Gasteiger partial charge on any atom is -0.456 e. The summed E-state index contributed by atoms with van der Waals surface area (Å²) < 4.78 is 6.55. The molecule has 0 aliphatic heterocycles. The fourth-order valence-electron chi connectivity index (χ4n) is 8.05. The van der Waals surface area contributed by atoms with Crippen molar-refractivity contribution in [3.8, 4) is 67.5 Å². The summed E-state index contributed by atoms with van der Waals surface area (Å²) in [4.78, 5) is 15.0. The number of benzene rings is 9. The van der Waals surface area contributed by atoms with Crippen LogP contribution in [0.4, 0.5) is 0 Å². The molecule has 0 aliphatic carbocycles. The highest BCUT2D eigenvalue weighted by Crippen LogP contribution is 2.40. The molecule has 0 saturated carbocycles. The molecule has 0 N–H and O–H groups in total. The summed E-state index contributed by atoms with van der Waals surface area (Å²) in [5, 5.41) is 7.19. The second kappa shape index (κ2) is 13.6. The third-order valence-electron chi connectivity index (χ3n) is 10.9. The standard InChI is InChI=1S/C53H33N3O/c1-3-11-34(12-4-1)40-16-9-17-43(31-40)53-55-51(38-14-5-2-6-15-38)54-52(56-53)39-26-23-36(24-27-39)45-19-10-20-48-50(45)46-30-29-42(33-49(46)57-48)41-28-25-37-22-21-35-13-7-8-18-44(35)47(37)32-41/h1-33H. The van der Waals surface area contributed by atoms with E-state index in [-0.39, 0.29) is 0 Å². The quantitative estimate of drug-likeness (QED) is 0.160. The minimum absolute atomic E-state index is 0.622. The van der Waals surface area contributed by atoms with Gasteiger partial charge in [0.05, 0.1) is 0 Å². The first-order chi connectivity index (χ1) is 28.2. The Kier molecular flexibility index (Phi) is 7.78. The summed E-state index contributed by atoms with van der Waals surface area (Å²) in [6.45, 7) is 0. The van der Waals surface area contributed by atoms with Gasteiger partial charge in [-0.05, 0) is 85.3 Å². The molecule has 4 heteroatoms. The predicted octanol–water partition coefficient (Wildman–Crippen LogP) is 14.1. The molecule has 0 bridgehead atoms. The molecule has 0 atom stereocenters. The van der Waals surface area contributed by atoms with Crippen LogP contribution in [0.2, 0.25) is 0 Å². The second-order valence-electron chi connectivity index (χ2n) is 14.4. The number of rotatable bonds is 6. The van der Waals surface area contributed by atoms with Crippen LogP contribution in [-0.2, 0) is 0 Å². The highest BCUT2D eigenvalue weighted by Gasteiger charge is 2.16. The van der Waals surface area contributed by atoms with Crippen molar-refractivity contribution in [1.29, 1.82) is 0 Å². The Morgan fingerprint density at radius 3 is 1.60 bits per heavy atom. The number of furan rings is 1. The van der Waals surface area contributed by atoms with E-state index in [1.54, 1.807) is 0 Å². The normalized spacial score (nSPS) is 11.5. The lowest BCUT2D eigenvalue weighted by Gasteiger charge is -2.10. The fourth-order valence-corrected chi connectivity index (χ4v) is 8.05. The molecule has 266 valence electrons. The number of hydrogen-bond acceptors (Lipinski definition) is 4. The van der Waals surface area contributed by atoms with Crippen LogP contribution in [0.15, 0.2) is 205 Å². The molecule has 0 amide bonds. The monoisotopic (exact) mass is 727 g/mol. The zero-order valence-corrected chi connectivity index (χ0v) is 30.8. The SMILES string of the molecule is c1ccc(-c2cccc(-c3nc(-c4ccccc4)nc(-c4ccc(-c5cccc6oc7cc(-c8ccc9ccc%10ccccc%10c9c8)ccc7c56)cc4)n3)c2)cc1. The molecule has 2 aromatic heterocycles. The van der Waals surface area contributed by atoms with Gasteiger partial charge in [0.25, 0.3) is 0 Å². The third-order valence-corrected chi connectivity index (χ3v) is 10.9. The van der Waals surface area contributed by atoms with E-state index in [1.165, 1.54) is 21.5 Å². The van der Waals surface area contributed by atoms with Gasteiger partial charge in [-0.2, -0.15) is 0 Å². The summed E-state index contributed by atoms with van der Waals surface area (Å²) in [5.41, 5.74) is 11.3. The average molecular weight is 728 g/mol. The van der Waals surface area contributed by atoms with Crippen molar-refractivity contribution in [3.05, 3.63) is 200 Å². The maximum absolute atomic E-state index is 6.55. The first-order valence-electron chi connectivity index (χ1n) is 19.2. The maximum Gasteiger partial charge on any atom is 0.164 e. The summed E-state index contributed by atoms with van der Waals surface area (Å²) in [6, 6.07) is 69.9. The number of fused-ring (bicyclic) bond motifs is 6. The second-order valence-corrected chi connectivity index (χ2v) is 14.4. The molecule has 4 nitrogen and oxygen atoms in total. The number of aromatic nitrogens is 3. The minimum atomic E-state index is 0.622. The Morgan fingerprint density at radius 1 is 0.281 bits per heavy atom. The molecule has 0 spiro atoms. The van der Waals surface area contributed by atoms with Gasteiger partial charge in [0, 0.05) is 27.5 Å². The number of hydrogen-bond donors (Lipinski definition) is 0. The van der Waals surface area contributed by atoms with E-state index < -0.39 is 0 Å². The van der Waals surface area contributed by atoms with E-state index in [2.05, 4.69) is 164 Å². The van der Waals surface area contributed by atoms with E-state index in [0.29, 0.717) is 17.5 Å². The van der Waals surface area contributed by atoms with Crippen LogP contribution in [-0.4, -0.2) is 15.0 Å².